The minimum atomic E-state index is -0.690. The summed E-state index contributed by atoms with van der Waals surface area (Å²) in [5.41, 5.74) is 3.27. The first-order chi connectivity index (χ1) is 10.3. The molecular formula is C19H23NO2. The number of nitrogens with one attached hydrogen (secondary N) is 1. The van der Waals surface area contributed by atoms with Crippen LogP contribution in [0.5, 0.6) is 5.75 Å². The van der Waals surface area contributed by atoms with Gasteiger partial charge in [-0.3, -0.25) is 4.79 Å². The molecule has 0 saturated heterocycles. The van der Waals surface area contributed by atoms with E-state index in [0.29, 0.717) is 0 Å². The lowest BCUT2D eigenvalue weighted by atomic mass is 9.83. The minimum Gasteiger partial charge on any atom is -0.496 e. The average Bonchev–Trinajstić information content (AvgIpc) is 2.46. The number of rotatable bonds is 4. The zero-order valence-corrected chi connectivity index (χ0v) is 13.9. The smallest absolute Gasteiger partial charge is 0.234 e. The van der Waals surface area contributed by atoms with E-state index in [4.69, 9.17) is 4.74 Å². The van der Waals surface area contributed by atoms with Crippen LogP contribution in [-0.4, -0.2) is 13.0 Å². The average molecular weight is 297 g/mol. The molecule has 0 atom stereocenters. The first-order valence-corrected chi connectivity index (χ1v) is 7.38. The molecule has 0 fully saturated rings. The monoisotopic (exact) mass is 297 g/mol. The summed E-state index contributed by atoms with van der Waals surface area (Å²) in [6, 6.07) is 13.7. The molecular weight excluding hydrogens is 274 g/mol. The summed E-state index contributed by atoms with van der Waals surface area (Å²) < 4.78 is 5.39. The largest absolute Gasteiger partial charge is 0.496 e. The Morgan fingerprint density at radius 3 is 2.23 bits per heavy atom. The number of ether oxygens (including phenoxy) is 1. The van der Waals surface area contributed by atoms with Gasteiger partial charge in [0.25, 0.3) is 0 Å². The molecule has 0 spiro atoms. The van der Waals surface area contributed by atoms with Gasteiger partial charge in [-0.2, -0.15) is 0 Å². The SMILES string of the molecule is COc1ccccc1C(C)(C)C(=O)Nc1cc(C)cc(C)c1. The number of amides is 1. The lowest BCUT2D eigenvalue weighted by Gasteiger charge is -2.26. The van der Waals surface area contributed by atoms with Crippen molar-refractivity contribution in [1.82, 2.24) is 0 Å². The lowest BCUT2D eigenvalue weighted by molar-refractivity contribution is -0.120. The van der Waals surface area contributed by atoms with Crippen LogP contribution in [0.25, 0.3) is 0 Å². The van der Waals surface area contributed by atoms with E-state index in [2.05, 4.69) is 11.4 Å². The molecule has 0 unspecified atom stereocenters. The van der Waals surface area contributed by atoms with Crippen molar-refractivity contribution in [1.29, 1.82) is 0 Å². The Labute approximate surface area is 132 Å². The number of carbonyl (C=O) groups excluding carboxylic acids is 1. The van der Waals surface area contributed by atoms with Gasteiger partial charge in [0.1, 0.15) is 5.75 Å². The van der Waals surface area contributed by atoms with Crippen LogP contribution in [0.2, 0.25) is 0 Å². The third kappa shape index (κ3) is 3.30. The maximum absolute atomic E-state index is 12.8. The molecule has 0 heterocycles. The highest BCUT2D eigenvalue weighted by Gasteiger charge is 2.32. The molecule has 1 amide bonds. The third-order valence-electron chi connectivity index (χ3n) is 3.83. The standard InChI is InChI=1S/C19H23NO2/c1-13-10-14(2)12-15(11-13)20-18(21)19(3,4)16-8-6-7-9-17(16)22-5/h6-12H,1-5H3,(H,20,21). The third-order valence-corrected chi connectivity index (χ3v) is 3.83. The summed E-state index contributed by atoms with van der Waals surface area (Å²) in [5, 5.41) is 3.02. The first-order valence-electron chi connectivity index (χ1n) is 7.38. The van der Waals surface area contributed by atoms with Gasteiger partial charge in [0, 0.05) is 11.3 Å². The number of carbonyl (C=O) groups is 1. The minimum absolute atomic E-state index is 0.0537. The zero-order chi connectivity index (χ0) is 16.3. The van der Waals surface area contributed by atoms with E-state index in [1.54, 1.807) is 7.11 Å². The Kier molecular flexibility index (Phi) is 4.55. The van der Waals surface area contributed by atoms with E-state index in [-0.39, 0.29) is 5.91 Å². The summed E-state index contributed by atoms with van der Waals surface area (Å²) in [4.78, 5) is 12.8. The van der Waals surface area contributed by atoms with Gasteiger partial charge >= 0.3 is 0 Å². The molecule has 1 N–H and O–H groups in total. The molecule has 0 bridgehead atoms. The van der Waals surface area contributed by atoms with Gasteiger partial charge in [-0.1, -0.05) is 24.3 Å². The van der Waals surface area contributed by atoms with Crippen molar-refractivity contribution in [3.8, 4) is 5.75 Å². The highest BCUT2D eigenvalue weighted by molar-refractivity contribution is 5.99. The number of benzene rings is 2. The summed E-state index contributed by atoms with van der Waals surface area (Å²) in [6.07, 6.45) is 0. The molecule has 3 heteroatoms. The van der Waals surface area contributed by atoms with E-state index in [0.717, 1.165) is 28.1 Å². The fraction of sp³-hybridized carbons (Fsp3) is 0.316. The number of hydrogen-bond donors (Lipinski definition) is 1. The van der Waals surface area contributed by atoms with Crippen LogP contribution >= 0.6 is 0 Å². The second kappa shape index (κ2) is 6.22. The van der Waals surface area contributed by atoms with Crippen LogP contribution in [-0.2, 0) is 10.2 Å². The second-order valence-electron chi connectivity index (χ2n) is 6.16. The molecule has 22 heavy (non-hydrogen) atoms. The number of anilines is 1. The molecule has 0 aliphatic heterocycles. The van der Waals surface area contributed by atoms with E-state index in [9.17, 15) is 4.79 Å². The summed E-state index contributed by atoms with van der Waals surface area (Å²) >= 11 is 0. The van der Waals surface area contributed by atoms with Gasteiger partial charge in [-0.25, -0.2) is 0 Å². The van der Waals surface area contributed by atoms with Crippen molar-refractivity contribution in [3.63, 3.8) is 0 Å². The van der Waals surface area contributed by atoms with Crippen molar-refractivity contribution in [3.05, 3.63) is 59.2 Å². The normalized spacial score (nSPS) is 11.1. The van der Waals surface area contributed by atoms with Crippen molar-refractivity contribution in [2.24, 2.45) is 0 Å². The molecule has 2 aromatic carbocycles. The van der Waals surface area contributed by atoms with Crippen molar-refractivity contribution >= 4 is 11.6 Å². The Bertz CT molecular complexity index is 669. The number of para-hydroxylation sites is 1. The van der Waals surface area contributed by atoms with Crippen LogP contribution in [0, 0.1) is 13.8 Å². The summed E-state index contributed by atoms with van der Waals surface area (Å²) in [7, 11) is 1.62. The Morgan fingerprint density at radius 1 is 1.05 bits per heavy atom. The Hall–Kier alpha value is -2.29. The van der Waals surface area contributed by atoms with Gasteiger partial charge in [0.05, 0.1) is 12.5 Å². The van der Waals surface area contributed by atoms with E-state index in [1.807, 2.05) is 64.1 Å². The number of hydrogen-bond acceptors (Lipinski definition) is 2. The fourth-order valence-corrected chi connectivity index (χ4v) is 2.62. The highest BCUT2D eigenvalue weighted by atomic mass is 16.5. The van der Waals surface area contributed by atoms with Crippen molar-refractivity contribution in [2.75, 3.05) is 12.4 Å². The molecule has 2 rings (SSSR count). The van der Waals surface area contributed by atoms with Crippen molar-refractivity contribution in [2.45, 2.75) is 33.1 Å². The molecule has 0 radical (unpaired) electrons. The van der Waals surface area contributed by atoms with Crippen LogP contribution in [0.15, 0.2) is 42.5 Å². The maximum Gasteiger partial charge on any atom is 0.234 e. The number of methoxy groups -OCH3 is 1. The molecule has 0 aliphatic rings. The maximum atomic E-state index is 12.8. The molecule has 116 valence electrons. The molecule has 2 aromatic rings. The van der Waals surface area contributed by atoms with Gasteiger partial charge < -0.3 is 10.1 Å². The van der Waals surface area contributed by atoms with Crippen LogP contribution in [0.3, 0.4) is 0 Å². The Balaban J connectivity index is 2.30. The molecule has 0 aliphatic carbocycles. The molecule has 0 aromatic heterocycles. The van der Waals surface area contributed by atoms with Crippen molar-refractivity contribution < 1.29 is 9.53 Å². The topological polar surface area (TPSA) is 38.3 Å². The van der Waals surface area contributed by atoms with Crippen LogP contribution < -0.4 is 10.1 Å². The van der Waals surface area contributed by atoms with Gasteiger partial charge in [0.15, 0.2) is 0 Å². The van der Waals surface area contributed by atoms with Crippen LogP contribution in [0.4, 0.5) is 5.69 Å². The Morgan fingerprint density at radius 2 is 1.64 bits per heavy atom. The quantitative estimate of drug-likeness (QED) is 0.917. The van der Waals surface area contributed by atoms with Gasteiger partial charge in [0.2, 0.25) is 5.91 Å². The zero-order valence-electron chi connectivity index (χ0n) is 13.9. The molecule has 0 saturated carbocycles. The highest BCUT2D eigenvalue weighted by Crippen LogP contribution is 2.32. The lowest BCUT2D eigenvalue weighted by Crippen LogP contribution is -2.35. The van der Waals surface area contributed by atoms with Crippen LogP contribution in [0.1, 0.15) is 30.5 Å². The predicted octanol–water partition coefficient (Wildman–Crippen LogP) is 4.23. The van der Waals surface area contributed by atoms with E-state index >= 15 is 0 Å². The van der Waals surface area contributed by atoms with Gasteiger partial charge in [-0.05, 0) is 57.0 Å². The van der Waals surface area contributed by atoms with E-state index < -0.39 is 5.41 Å². The predicted molar refractivity (Wildman–Crippen MR) is 90.6 cm³/mol. The van der Waals surface area contributed by atoms with Gasteiger partial charge in [-0.15, -0.1) is 0 Å². The second-order valence-corrected chi connectivity index (χ2v) is 6.16. The molecule has 3 nitrogen and oxygen atoms in total. The number of aryl methyl sites for hydroxylation is 2. The first kappa shape index (κ1) is 16.1. The fourth-order valence-electron chi connectivity index (χ4n) is 2.62. The van der Waals surface area contributed by atoms with E-state index in [1.165, 1.54) is 0 Å². The summed E-state index contributed by atoms with van der Waals surface area (Å²) in [6.45, 7) is 7.85. The summed E-state index contributed by atoms with van der Waals surface area (Å²) in [5.74, 6) is 0.671.